The van der Waals surface area contributed by atoms with Crippen LogP contribution >= 0.6 is 0 Å². The summed E-state index contributed by atoms with van der Waals surface area (Å²) in [4.78, 5) is 4.70. The Morgan fingerprint density at radius 1 is 0.808 bits per heavy atom. The van der Waals surface area contributed by atoms with Gasteiger partial charge in [-0.3, -0.25) is 0 Å². The summed E-state index contributed by atoms with van der Waals surface area (Å²) < 4.78 is 11.4. The predicted molar refractivity (Wildman–Crippen MR) is 104 cm³/mol. The summed E-state index contributed by atoms with van der Waals surface area (Å²) in [7, 11) is 0. The second-order valence-electron chi connectivity index (χ2n) is 5.91. The van der Waals surface area contributed by atoms with Gasteiger partial charge in [0.2, 0.25) is 5.89 Å². The minimum absolute atomic E-state index is 0.612. The maximum atomic E-state index is 5.80. The first kappa shape index (κ1) is 16.2. The van der Waals surface area contributed by atoms with E-state index in [0.29, 0.717) is 12.5 Å². The van der Waals surface area contributed by atoms with E-state index in [-0.39, 0.29) is 0 Å². The van der Waals surface area contributed by atoms with E-state index in [2.05, 4.69) is 12.1 Å². The predicted octanol–water partition coefficient (Wildman–Crippen LogP) is 6.07. The third kappa shape index (κ3) is 3.24. The van der Waals surface area contributed by atoms with Gasteiger partial charge in [-0.1, -0.05) is 60.7 Å². The van der Waals surface area contributed by atoms with Gasteiger partial charge in [-0.25, -0.2) is 4.98 Å². The van der Waals surface area contributed by atoms with E-state index in [0.717, 1.165) is 33.7 Å². The molecule has 0 aliphatic rings. The van der Waals surface area contributed by atoms with Gasteiger partial charge < -0.3 is 9.15 Å². The highest BCUT2D eigenvalue weighted by Gasteiger charge is 2.13. The highest BCUT2D eigenvalue weighted by atomic mass is 16.5. The van der Waals surface area contributed by atoms with Crippen molar-refractivity contribution >= 4 is 0 Å². The molecule has 0 aliphatic heterocycles. The van der Waals surface area contributed by atoms with E-state index in [1.54, 1.807) is 6.26 Å². The molecule has 0 fully saturated rings. The number of benzene rings is 3. The summed E-state index contributed by atoms with van der Waals surface area (Å²) in [6.45, 7) is 2.63. The summed E-state index contributed by atoms with van der Waals surface area (Å²) in [5.74, 6) is 1.47. The number of hydrogen-bond donors (Lipinski definition) is 0. The van der Waals surface area contributed by atoms with E-state index >= 15 is 0 Å². The third-order valence-corrected chi connectivity index (χ3v) is 4.19. The van der Waals surface area contributed by atoms with E-state index < -0.39 is 0 Å². The lowest BCUT2D eigenvalue weighted by Gasteiger charge is -2.09. The molecule has 3 aromatic carbocycles. The largest absolute Gasteiger partial charge is 0.494 e. The lowest BCUT2D eigenvalue weighted by molar-refractivity contribution is 0.340. The van der Waals surface area contributed by atoms with Gasteiger partial charge in [0.1, 0.15) is 17.7 Å². The molecule has 0 amide bonds. The molecule has 3 heteroatoms. The van der Waals surface area contributed by atoms with Crippen molar-refractivity contribution < 1.29 is 9.15 Å². The normalized spacial score (nSPS) is 10.7. The average molecular weight is 341 g/mol. The van der Waals surface area contributed by atoms with Gasteiger partial charge >= 0.3 is 0 Å². The molecule has 0 bridgehead atoms. The molecule has 4 rings (SSSR count). The Hall–Kier alpha value is -3.33. The quantitative estimate of drug-likeness (QED) is 0.441. The molecule has 0 spiro atoms. The molecule has 1 aromatic heterocycles. The SMILES string of the molecule is CCOc1cccc(-c2ccccc2-c2nc(-c3ccccc3)co2)c1. The number of ether oxygens (including phenoxy) is 1. The fraction of sp³-hybridized carbons (Fsp3) is 0.0870. The fourth-order valence-electron chi connectivity index (χ4n) is 2.98. The van der Waals surface area contributed by atoms with E-state index in [1.165, 1.54) is 0 Å². The third-order valence-electron chi connectivity index (χ3n) is 4.19. The first-order valence-corrected chi connectivity index (χ1v) is 8.69. The van der Waals surface area contributed by atoms with Crippen LogP contribution in [0.4, 0.5) is 0 Å². The minimum Gasteiger partial charge on any atom is -0.494 e. The fourth-order valence-corrected chi connectivity index (χ4v) is 2.98. The standard InChI is InChI=1S/C23H19NO2/c1-2-25-19-12-8-11-18(15-19)20-13-6-7-14-21(20)23-24-22(16-26-23)17-9-4-3-5-10-17/h3-16H,2H2,1H3. The molecule has 3 nitrogen and oxygen atoms in total. The highest BCUT2D eigenvalue weighted by Crippen LogP contribution is 2.34. The summed E-state index contributed by atoms with van der Waals surface area (Å²) in [5, 5.41) is 0. The number of rotatable bonds is 5. The van der Waals surface area contributed by atoms with Crippen molar-refractivity contribution in [1.29, 1.82) is 0 Å². The van der Waals surface area contributed by atoms with Gasteiger partial charge in [0, 0.05) is 11.1 Å². The molecule has 0 atom stereocenters. The van der Waals surface area contributed by atoms with Crippen LogP contribution in [0.25, 0.3) is 33.8 Å². The second kappa shape index (κ2) is 7.28. The van der Waals surface area contributed by atoms with E-state index in [9.17, 15) is 0 Å². The van der Waals surface area contributed by atoms with Crippen LogP contribution < -0.4 is 4.74 Å². The monoisotopic (exact) mass is 341 g/mol. The van der Waals surface area contributed by atoms with Gasteiger partial charge in [0.05, 0.1) is 6.61 Å². The van der Waals surface area contributed by atoms with Crippen LogP contribution in [0.5, 0.6) is 5.75 Å². The molecule has 0 N–H and O–H groups in total. The Morgan fingerprint density at radius 3 is 2.35 bits per heavy atom. The van der Waals surface area contributed by atoms with Gasteiger partial charge in [-0.15, -0.1) is 0 Å². The van der Waals surface area contributed by atoms with Crippen molar-refractivity contribution in [3.8, 4) is 39.6 Å². The minimum atomic E-state index is 0.612. The van der Waals surface area contributed by atoms with Crippen LogP contribution in [0, 0.1) is 0 Å². The molecule has 0 radical (unpaired) electrons. The molecule has 1 heterocycles. The van der Waals surface area contributed by atoms with Crippen molar-refractivity contribution in [3.63, 3.8) is 0 Å². The molecule has 4 aromatic rings. The number of hydrogen-bond acceptors (Lipinski definition) is 3. The zero-order chi connectivity index (χ0) is 17.8. The highest BCUT2D eigenvalue weighted by molar-refractivity contribution is 5.81. The average Bonchev–Trinajstić information content (AvgIpc) is 3.19. The zero-order valence-electron chi connectivity index (χ0n) is 14.6. The van der Waals surface area contributed by atoms with Gasteiger partial charge in [-0.05, 0) is 36.2 Å². The Morgan fingerprint density at radius 2 is 1.54 bits per heavy atom. The second-order valence-corrected chi connectivity index (χ2v) is 5.91. The van der Waals surface area contributed by atoms with Crippen molar-refractivity contribution in [2.45, 2.75) is 6.92 Å². The number of aromatic nitrogens is 1. The van der Waals surface area contributed by atoms with Crippen molar-refractivity contribution in [3.05, 3.63) is 85.1 Å². The topological polar surface area (TPSA) is 35.3 Å². The molecular weight excluding hydrogens is 322 g/mol. The molecular formula is C23H19NO2. The van der Waals surface area contributed by atoms with E-state index in [1.807, 2.05) is 73.7 Å². The first-order valence-electron chi connectivity index (χ1n) is 8.69. The van der Waals surface area contributed by atoms with Crippen molar-refractivity contribution in [2.24, 2.45) is 0 Å². The van der Waals surface area contributed by atoms with Gasteiger partial charge in [0.25, 0.3) is 0 Å². The van der Waals surface area contributed by atoms with Crippen molar-refractivity contribution in [2.75, 3.05) is 6.61 Å². The Balaban J connectivity index is 1.75. The summed E-state index contributed by atoms with van der Waals surface area (Å²) >= 11 is 0. The zero-order valence-corrected chi connectivity index (χ0v) is 14.6. The van der Waals surface area contributed by atoms with E-state index in [4.69, 9.17) is 14.1 Å². The van der Waals surface area contributed by atoms with Crippen molar-refractivity contribution in [1.82, 2.24) is 4.98 Å². The van der Waals surface area contributed by atoms with Crippen LogP contribution in [0.1, 0.15) is 6.92 Å². The van der Waals surface area contributed by atoms with Gasteiger partial charge in [-0.2, -0.15) is 0 Å². The smallest absolute Gasteiger partial charge is 0.227 e. The Bertz CT molecular complexity index is 1010. The molecule has 26 heavy (non-hydrogen) atoms. The van der Waals surface area contributed by atoms with Crippen LogP contribution in [-0.4, -0.2) is 11.6 Å². The van der Waals surface area contributed by atoms with Crippen LogP contribution in [0.15, 0.2) is 89.5 Å². The summed E-state index contributed by atoms with van der Waals surface area (Å²) in [5.41, 5.74) is 4.97. The van der Waals surface area contributed by atoms with Crippen LogP contribution in [-0.2, 0) is 0 Å². The lowest BCUT2D eigenvalue weighted by Crippen LogP contribution is -1.92. The summed E-state index contributed by atoms with van der Waals surface area (Å²) in [6, 6.07) is 26.3. The molecule has 0 unspecified atom stereocenters. The Kier molecular flexibility index (Phi) is 4.52. The summed E-state index contributed by atoms with van der Waals surface area (Å²) in [6.07, 6.45) is 1.71. The van der Waals surface area contributed by atoms with Gasteiger partial charge in [0.15, 0.2) is 0 Å². The number of oxazole rings is 1. The van der Waals surface area contributed by atoms with Crippen LogP contribution in [0.2, 0.25) is 0 Å². The maximum Gasteiger partial charge on any atom is 0.227 e. The first-order chi connectivity index (χ1) is 12.8. The maximum absolute atomic E-state index is 5.80. The molecule has 0 aliphatic carbocycles. The lowest BCUT2D eigenvalue weighted by atomic mass is 9.99. The molecule has 128 valence electrons. The number of nitrogens with zero attached hydrogens (tertiary/aromatic N) is 1. The Labute approximate surface area is 152 Å². The van der Waals surface area contributed by atoms with Crippen LogP contribution in [0.3, 0.4) is 0 Å². The molecule has 0 saturated carbocycles. The molecule has 0 saturated heterocycles.